The van der Waals surface area contributed by atoms with Gasteiger partial charge >= 0.3 is 0 Å². The van der Waals surface area contributed by atoms with Crippen LogP contribution in [0.1, 0.15) is 24.6 Å². The quantitative estimate of drug-likeness (QED) is 0.917. The molecule has 2 rings (SSSR count). The Morgan fingerprint density at radius 1 is 1.67 bits per heavy atom. The lowest BCUT2D eigenvalue weighted by Gasteiger charge is -2.38. The van der Waals surface area contributed by atoms with Crippen molar-refractivity contribution in [2.24, 2.45) is 5.73 Å². The van der Waals surface area contributed by atoms with Gasteiger partial charge < -0.3 is 19.8 Å². The van der Waals surface area contributed by atoms with Crippen LogP contribution in [-0.2, 0) is 9.53 Å². The second-order valence-corrected chi connectivity index (χ2v) is 5.21. The molecule has 0 spiro atoms. The first-order valence-corrected chi connectivity index (χ1v) is 6.71. The number of ether oxygens (including phenoxy) is 1. The lowest BCUT2D eigenvalue weighted by molar-refractivity contribution is -0.138. The van der Waals surface area contributed by atoms with Crippen molar-refractivity contribution in [2.75, 3.05) is 20.3 Å². The number of piperidine rings is 1. The molecule has 18 heavy (non-hydrogen) atoms. The third kappa shape index (κ3) is 2.60. The van der Waals surface area contributed by atoms with Crippen LogP contribution in [0.2, 0.25) is 0 Å². The molecule has 0 saturated carbocycles. The molecule has 0 bridgehead atoms. The Labute approximate surface area is 114 Å². The number of likely N-dealkylation sites (tertiary alicyclic amines) is 1. The number of rotatable bonds is 4. The highest BCUT2D eigenvalue weighted by atomic mass is 79.9. The number of carbonyl (C=O) groups is 1. The Hall–Kier alpha value is -0.850. The maximum absolute atomic E-state index is 12.0. The molecule has 6 heteroatoms. The molecule has 2 atom stereocenters. The molecule has 0 radical (unpaired) electrons. The van der Waals surface area contributed by atoms with E-state index in [1.54, 1.807) is 18.3 Å². The fourth-order valence-electron chi connectivity index (χ4n) is 2.28. The number of nitrogens with two attached hydrogens (primary N) is 1. The molecule has 2 N–H and O–H groups in total. The highest BCUT2D eigenvalue weighted by molar-refractivity contribution is 9.10. The number of hydrogen-bond donors (Lipinski definition) is 1. The zero-order valence-corrected chi connectivity index (χ0v) is 11.9. The summed E-state index contributed by atoms with van der Waals surface area (Å²) < 4.78 is 11.4. The van der Waals surface area contributed by atoms with Crippen LogP contribution in [0.3, 0.4) is 0 Å². The van der Waals surface area contributed by atoms with Crippen molar-refractivity contribution in [3.63, 3.8) is 0 Å². The summed E-state index contributed by atoms with van der Waals surface area (Å²) in [5.74, 6) is 0.814. The summed E-state index contributed by atoms with van der Waals surface area (Å²) in [6.45, 7) is 1.02. The molecule has 5 nitrogen and oxygen atoms in total. The van der Waals surface area contributed by atoms with E-state index in [1.165, 1.54) is 0 Å². The van der Waals surface area contributed by atoms with E-state index in [0.717, 1.165) is 4.47 Å². The Balaban J connectivity index is 2.26. The zero-order valence-electron chi connectivity index (χ0n) is 10.3. The van der Waals surface area contributed by atoms with Gasteiger partial charge in [0.25, 0.3) is 0 Å². The van der Waals surface area contributed by atoms with Gasteiger partial charge in [0.15, 0.2) is 0 Å². The van der Waals surface area contributed by atoms with Gasteiger partial charge in [0.2, 0.25) is 5.91 Å². The van der Waals surface area contributed by atoms with Gasteiger partial charge in [0.1, 0.15) is 11.8 Å². The van der Waals surface area contributed by atoms with Gasteiger partial charge in [-0.3, -0.25) is 4.79 Å². The van der Waals surface area contributed by atoms with Gasteiger partial charge in [-0.05, 0) is 28.4 Å². The third-order valence-corrected chi connectivity index (χ3v) is 3.86. The average Bonchev–Trinajstić information content (AvgIpc) is 2.76. The van der Waals surface area contributed by atoms with Crippen LogP contribution in [0.5, 0.6) is 0 Å². The fraction of sp³-hybridized carbons (Fsp3) is 0.583. The lowest BCUT2D eigenvalue weighted by Crippen LogP contribution is -2.49. The van der Waals surface area contributed by atoms with Crippen LogP contribution in [0.4, 0.5) is 0 Å². The second-order valence-electron chi connectivity index (χ2n) is 4.36. The van der Waals surface area contributed by atoms with E-state index < -0.39 is 0 Å². The van der Waals surface area contributed by atoms with E-state index in [-0.39, 0.29) is 18.0 Å². The first kappa shape index (κ1) is 13.6. The predicted molar refractivity (Wildman–Crippen MR) is 69.9 cm³/mol. The van der Waals surface area contributed by atoms with Crippen molar-refractivity contribution in [1.82, 2.24) is 4.90 Å². The minimum Gasteiger partial charge on any atom is -0.466 e. The van der Waals surface area contributed by atoms with Crippen LogP contribution < -0.4 is 5.73 Å². The second kappa shape index (κ2) is 5.86. The van der Waals surface area contributed by atoms with Crippen molar-refractivity contribution < 1.29 is 13.9 Å². The summed E-state index contributed by atoms with van der Waals surface area (Å²) in [5.41, 5.74) is 6.15. The van der Waals surface area contributed by atoms with Gasteiger partial charge in [0, 0.05) is 26.1 Å². The van der Waals surface area contributed by atoms with E-state index in [4.69, 9.17) is 14.9 Å². The topological polar surface area (TPSA) is 68.7 Å². The van der Waals surface area contributed by atoms with Crippen LogP contribution in [0, 0.1) is 0 Å². The van der Waals surface area contributed by atoms with E-state index in [0.29, 0.717) is 31.8 Å². The normalized spacial score (nSPS) is 24.6. The zero-order chi connectivity index (χ0) is 13.1. The van der Waals surface area contributed by atoms with Crippen molar-refractivity contribution in [2.45, 2.75) is 24.9 Å². The van der Waals surface area contributed by atoms with E-state index in [1.807, 2.05) is 6.07 Å². The summed E-state index contributed by atoms with van der Waals surface area (Å²) in [5, 5.41) is 0. The van der Waals surface area contributed by atoms with Gasteiger partial charge in [-0.15, -0.1) is 0 Å². The fourth-order valence-corrected chi connectivity index (χ4v) is 2.72. The summed E-state index contributed by atoms with van der Waals surface area (Å²) in [7, 11) is 1.62. The minimum atomic E-state index is -0.217. The molecule has 2 unspecified atom stereocenters. The Morgan fingerprint density at radius 3 is 3.06 bits per heavy atom. The standard InChI is InChI=1S/C12H17BrN2O3/c1-17-7-5-15-10(16)3-2-9(14)11(15)12-8(13)4-6-18-12/h4,6,9,11H,2-3,5,7,14H2,1H3. The molecule has 2 heterocycles. The molecular weight excluding hydrogens is 300 g/mol. The molecule has 1 aromatic heterocycles. The SMILES string of the molecule is COCCN1C(=O)CCC(N)C1c1occc1Br. The number of furan rings is 1. The van der Waals surface area contributed by atoms with Crippen molar-refractivity contribution >= 4 is 21.8 Å². The Bertz CT molecular complexity index is 421. The van der Waals surface area contributed by atoms with Gasteiger partial charge in [-0.1, -0.05) is 0 Å². The number of amides is 1. The van der Waals surface area contributed by atoms with E-state index in [9.17, 15) is 4.79 Å². The predicted octanol–water partition coefficient (Wildman–Crippen LogP) is 1.68. The van der Waals surface area contributed by atoms with Crippen LogP contribution >= 0.6 is 15.9 Å². The number of nitrogens with zero attached hydrogens (tertiary/aromatic N) is 1. The van der Waals surface area contributed by atoms with Crippen LogP contribution in [0.25, 0.3) is 0 Å². The van der Waals surface area contributed by atoms with E-state index in [2.05, 4.69) is 15.9 Å². The maximum atomic E-state index is 12.0. The van der Waals surface area contributed by atoms with Crippen LogP contribution in [-0.4, -0.2) is 37.1 Å². The molecule has 1 fully saturated rings. The maximum Gasteiger partial charge on any atom is 0.223 e. The molecule has 1 aromatic rings. The molecule has 100 valence electrons. The molecular formula is C12H17BrN2O3. The summed E-state index contributed by atoms with van der Waals surface area (Å²) >= 11 is 3.43. The first-order valence-electron chi connectivity index (χ1n) is 5.92. The minimum absolute atomic E-state index is 0.0991. The summed E-state index contributed by atoms with van der Waals surface area (Å²) in [4.78, 5) is 13.8. The number of methoxy groups -OCH3 is 1. The molecule has 0 aliphatic carbocycles. The van der Waals surface area contributed by atoms with Gasteiger partial charge in [-0.25, -0.2) is 0 Å². The number of halogens is 1. The Kier molecular flexibility index (Phi) is 4.42. The van der Waals surface area contributed by atoms with Crippen LogP contribution in [0.15, 0.2) is 21.2 Å². The highest BCUT2D eigenvalue weighted by Crippen LogP contribution is 2.35. The lowest BCUT2D eigenvalue weighted by atomic mass is 9.94. The summed E-state index contributed by atoms with van der Waals surface area (Å²) in [6.07, 6.45) is 2.76. The average molecular weight is 317 g/mol. The molecule has 0 aromatic carbocycles. The molecule has 1 saturated heterocycles. The van der Waals surface area contributed by atoms with Crippen molar-refractivity contribution in [3.8, 4) is 0 Å². The van der Waals surface area contributed by atoms with Crippen molar-refractivity contribution in [1.29, 1.82) is 0 Å². The molecule has 1 aliphatic heterocycles. The number of hydrogen-bond acceptors (Lipinski definition) is 4. The summed E-state index contributed by atoms with van der Waals surface area (Å²) in [6, 6.07) is 1.49. The molecule has 1 amide bonds. The monoisotopic (exact) mass is 316 g/mol. The largest absolute Gasteiger partial charge is 0.466 e. The highest BCUT2D eigenvalue weighted by Gasteiger charge is 2.37. The van der Waals surface area contributed by atoms with Gasteiger partial charge in [-0.2, -0.15) is 0 Å². The van der Waals surface area contributed by atoms with Gasteiger partial charge in [0.05, 0.1) is 17.3 Å². The Morgan fingerprint density at radius 2 is 2.44 bits per heavy atom. The van der Waals surface area contributed by atoms with Crippen molar-refractivity contribution in [3.05, 3.63) is 22.6 Å². The number of carbonyl (C=O) groups excluding carboxylic acids is 1. The third-order valence-electron chi connectivity index (χ3n) is 3.20. The first-order chi connectivity index (χ1) is 8.65. The van der Waals surface area contributed by atoms with E-state index >= 15 is 0 Å². The molecule has 1 aliphatic rings. The smallest absolute Gasteiger partial charge is 0.223 e.